The maximum Gasteiger partial charge on any atom is 0.265 e. The van der Waals surface area contributed by atoms with Crippen LogP contribution in [-0.4, -0.2) is 68.8 Å². The molecule has 0 radical (unpaired) electrons. The Kier molecular flexibility index (Phi) is 6.39. The highest BCUT2D eigenvalue weighted by Gasteiger charge is 2.31. The Balaban J connectivity index is 1.38. The number of piperazine rings is 1. The molecule has 4 rings (SSSR count). The number of nitrogens with one attached hydrogen (secondary N) is 1. The van der Waals surface area contributed by atoms with Gasteiger partial charge in [-0.25, -0.2) is 8.42 Å². The summed E-state index contributed by atoms with van der Waals surface area (Å²) in [6, 6.07) is 11.7. The first kappa shape index (κ1) is 22.8. The van der Waals surface area contributed by atoms with Crippen LogP contribution in [0.5, 0.6) is 11.5 Å². The van der Waals surface area contributed by atoms with E-state index in [1.165, 1.54) is 22.5 Å². The lowest BCUT2D eigenvalue weighted by molar-refractivity contribution is -0.127. The lowest BCUT2D eigenvalue weighted by Gasteiger charge is -2.33. The zero-order valence-corrected chi connectivity index (χ0v) is 19.2. The number of nitrogens with zero attached hydrogens (tertiary/aromatic N) is 2. The van der Waals surface area contributed by atoms with E-state index in [0.717, 1.165) is 11.3 Å². The van der Waals surface area contributed by atoms with Crippen molar-refractivity contribution in [3.05, 3.63) is 54.1 Å². The third kappa shape index (κ3) is 4.86. The van der Waals surface area contributed by atoms with Crippen molar-refractivity contribution < 1.29 is 27.5 Å². The normalized spacial score (nSPS) is 19.0. The molecule has 0 unspecified atom stereocenters. The number of hydrogen-bond acceptors (Lipinski definition) is 6. The van der Waals surface area contributed by atoms with Crippen LogP contribution in [0, 0.1) is 0 Å². The molecule has 1 N–H and O–H groups in total. The molecular formula is C23H25N3O6S. The molecule has 0 spiro atoms. The van der Waals surface area contributed by atoms with Crippen molar-refractivity contribution in [2.45, 2.75) is 17.9 Å². The molecule has 2 aromatic rings. The van der Waals surface area contributed by atoms with Gasteiger partial charge in [-0.2, -0.15) is 4.31 Å². The van der Waals surface area contributed by atoms with Crippen LogP contribution in [0.25, 0.3) is 6.08 Å². The van der Waals surface area contributed by atoms with Crippen molar-refractivity contribution >= 4 is 33.6 Å². The second-order valence-electron chi connectivity index (χ2n) is 7.74. The molecule has 0 bridgehead atoms. The zero-order chi connectivity index (χ0) is 23.6. The van der Waals surface area contributed by atoms with E-state index in [1.54, 1.807) is 31.1 Å². The quantitative estimate of drug-likeness (QED) is 0.669. The van der Waals surface area contributed by atoms with Gasteiger partial charge in [0, 0.05) is 32.3 Å². The van der Waals surface area contributed by atoms with E-state index >= 15 is 0 Å². The standard InChI is InChI=1S/C23H25N3O6S/c1-16-23(28)24-20-15-19(8-9-21(20)32-16)33(29,30)26-13-11-25(12-14-26)22(27)10-5-17-3-6-18(31-2)7-4-17/h3-10,15-16H,11-14H2,1-2H3,(H,24,28)/b10-5+/t16-/m1/s1. The van der Waals surface area contributed by atoms with Crippen LogP contribution >= 0.6 is 0 Å². The summed E-state index contributed by atoms with van der Waals surface area (Å²) in [6.07, 6.45) is 2.57. The van der Waals surface area contributed by atoms with E-state index in [4.69, 9.17) is 9.47 Å². The monoisotopic (exact) mass is 471 g/mol. The first-order chi connectivity index (χ1) is 15.8. The highest BCUT2D eigenvalue weighted by atomic mass is 32.2. The summed E-state index contributed by atoms with van der Waals surface area (Å²) in [5.74, 6) is 0.664. The van der Waals surface area contributed by atoms with Gasteiger partial charge in [0.25, 0.3) is 5.91 Å². The Morgan fingerprint density at radius 1 is 1.12 bits per heavy atom. The zero-order valence-electron chi connectivity index (χ0n) is 18.4. The van der Waals surface area contributed by atoms with Crippen molar-refractivity contribution in [3.8, 4) is 11.5 Å². The molecule has 33 heavy (non-hydrogen) atoms. The Labute approximate surface area is 192 Å². The molecule has 9 nitrogen and oxygen atoms in total. The number of hydrogen-bond donors (Lipinski definition) is 1. The van der Waals surface area contributed by atoms with Crippen LogP contribution in [0.4, 0.5) is 5.69 Å². The van der Waals surface area contributed by atoms with Gasteiger partial charge in [-0.3, -0.25) is 9.59 Å². The van der Waals surface area contributed by atoms with Gasteiger partial charge in [-0.05, 0) is 48.9 Å². The minimum Gasteiger partial charge on any atom is -0.497 e. The summed E-state index contributed by atoms with van der Waals surface area (Å²) in [5.41, 5.74) is 1.19. The number of anilines is 1. The van der Waals surface area contributed by atoms with E-state index in [1.807, 2.05) is 24.3 Å². The van der Waals surface area contributed by atoms with Crippen LogP contribution < -0.4 is 14.8 Å². The Morgan fingerprint density at radius 2 is 1.82 bits per heavy atom. The second-order valence-corrected chi connectivity index (χ2v) is 9.68. The Hall–Kier alpha value is -3.37. The smallest absolute Gasteiger partial charge is 0.265 e. The van der Waals surface area contributed by atoms with Crippen molar-refractivity contribution in [1.29, 1.82) is 0 Å². The van der Waals surface area contributed by atoms with E-state index in [-0.39, 0.29) is 42.9 Å². The van der Waals surface area contributed by atoms with Gasteiger partial charge in [0.05, 0.1) is 17.7 Å². The van der Waals surface area contributed by atoms with Crippen LogP contribution in [-0.2, 0) is 19.6 Å². The molecule has 2 heterocycles. The molecule has 0 saturated carbocycles. The summed E-state index contributed by atoms with van der Waals surface area (Å²) < 4.78 is 38.2. The van der Waals surface area contributed by atoms with Crippen molar-refractivity contribution in [2.75, 3.05) is 38.6 Å². The number of fused-ring (bicyclic) bond motifs is 1. The van der Waals surface area contributed by atoms with Gasteiger partial charge in [-0.15, -0.1) is 0 Å². The average Bonchev–Trinajstić information content (AvgIpc) is 2.83. The lowest BCUT2D eigenvalue weighted by atomic mass is 10.2. The highest BCUT2D eigenvalue weighted by molar-refractivity contribution is 7.89. The molecule has 10 heteroatoms. The Morgan fingerprint density at radius 3 is 2.48 bits per heavy atom. The topological polar surface area (TPSA) is 105 Å². The van der Waals surface area contributed by atoms with Crippen LogP contribution in [0.1, 0.15) is 12.5 Å². The molecule has 2 aliphatic heterocycles. The predicted molar refractivity (Wildman–Crippen MR) is 123 cm³/mol. The number of methoxy groups -OCH3 is 1. The van der Waals surface area contributed by atoms with E-state index in [0.29, 0.717) is 11.4 Å². The van der Waals surface area contributed by atoms with Gasteiger partial charge >= 0.3 is 0 Å². The number of carbonyl (C=O) groups excluding carboxylic acids is 2. The summed E-state index contributed by atoms with van der Waals surface area (Å²) in [5, 5.41) is 2.67. The lowest BCUT2D eigenvalue weighted by Crippen LogP contribution is -2.50. The minimum atomic E-state index is -3.78. The average molecular weight is 472 g/mol. The summed E-state index contributed by atoms with van der Waals surface area (Å²) >= 11 is 0. The number of rotatable bonds is 5. The largest absolute Gasteiger partial charge is 0.497 e. The molecule has 0 aromatic heterocycles. The van der Waals surface area contributed by atoms with E-state index in [2.05, 4.69) is 5.32 Å². The predicted octanol–water partition coefficient (Wildman–Crippen LogP) is 1.96. The highest BCUT2D eigenvalue weighted by Crippen LogP contribution is 2.33. The van der Waals surface area contributed by atoms with Crippen LogP contribution in [0.3, 0.4) is 0 Å². The van der Waals surface area contributed by atoms with E-state index < -0.39 is 16.1 Å². The number of amides is 2. The Bertz CT molecular complexity index is 1190. The maximum atomic E-state index is 13.1. The summed E-state index contributed by atoms with van der Waals surface area (Å²) in [7, 11) is -2.19. The molecule has 1 atom stereocenters. The molecule has 174 valence electrons. The molecule has 0 aliphatic carbocycles. The van der Waals surface area contributed by atoms with Crippen LogP contribution in [0.2, 0.25) is 0 Å². The van der Waals surface area contributed by atoms with Gasteiger partial charge < -0.3 is 19.7 Å². The fraction of sp³-hybridized carbons (Fsp3) is 0.304. The van der Waals surface area contributed by atoms with Crippen molar-refractivity contribution in [3.63, 3.8) is 0 Å². The summed E-state index contributed by atoms with van der Waals surface area (Å²) in [6.45, 7) is 2.55. The number of benzene rings is 2. The molecule has 1 fully saturated rings. The third-order valence-electron chi connectivity index (χ3n) is 5.60. The minimum absolute atomic E-state index is 0.0684. The van der Waals surface area contributed by atoms with Gasteiger partial charge in [0.2, 0.25) is 15.9 Å². The third-order valence-corrected chi connectivity index (χ3v) is 7.50. The molecule has 2 aliphatic rings. The van der Waals surface area contributed by atoms with Gasteiger partial charge in [-0.1, -0.05) is 12.1 Å². The van der Waals surface area contributed by atoms with Crippen molar-refractivity contribution in [1.82, 2.24) is 9.21 Å². The second kappa shape index (κ2) is 9.24. The van der Waals surface area contributed by atoms with Gasteiger partial charge in [0.1, 0.15) is 11.5 Å². The first-order valence-electron chi connectivity index (χ1n) is 10.5. The SMILES string of the molecule is COc1ccc(/C=C/C(=O)N2CCN(S(=O)(=O)c3ccc4c(c3)NC(=O)[C@@H](C)O4)CC2)cc1. The fourth-order valence-corrected chi connectivity index (χ4v) is 5.08. The van der Waals surface area contributed by atoms with Crippen molar-refractivity contribution in [2.24, 2.45) is 0 Å². The molecule has 2 aromatic carbocycles. The molecule has 1 saturated heterocycles. The summed E-state index contributed by atoms with van der Waals surface area (Å²) in [4.78, 5) is 26.1. The van der Waals surface area contributed by atoms with Crippen LogP contribution in [0.15, 0.2) is 53.4 Å². The van der Waals surface area contributed by atoms with E-state index in [9.17, 15) is 18.0 Å². The van der Waals surface area contributed by atoms with Gasteiger partial charge in [0.15, 0.2) is 6.10 Å². The number of carbonyl (C=O) groups is 2. The maximum absolute atomic E-state index is 13.1. The number of ether oxygens (including phenoxy) is 2. The number of sulfonamides is 1. The fourth-order valence-electron chi connectivity index (χ4n) is 3.63. The first-order valence-corrected chi connectivity index (χ1v) is 11.9. The molecular weight excluding hydrogens is 446 g/mol. The molecule has 2 amide bonds.